The van der Waals surface area contributed by atoms with E-state index in [9.17, 15) is 4.79 Å². The maximum absolute atomic E-state index is 11.9. The van der Waals surface area contributed by atoms with Crippen LogP contribution in [0.5, 0.6) is 0 Å². The van der Waals surface area contributed by atoms with E-state index in [2.05, 4.69) is 4.85 Å². The van der Waals surface area contributed by atoms with Gasteiger partial charge in [0.05, 0.1) is 5.57 Å². The number of benzene rings is 1. The second-order valence-electron chi connectivity index (χ2n) is 4.00. The smallest absolute Gasteiger partial charge is 0.341 e. The molecule has 0 radical (unpaired) electrons. The molecule has 0 unspecified atom stereocenters. The quantitative estimate of drug-likeness (QED) is 0.686. The van der Waals surface area contributed by atoms with Crippen molar-refractivity contribution in [1.82, 2.24) is 4.90 Å². The number of likely N-dealkylation sites (N-methyl/N-ethyl adjacent to an activating group) is 1. The average Bonchev–Trinajstić information content (AvgIpc) is 3.05. The zero-order chi connectivity index (χ0) is 11.8. The monoisotopic (exact) mass is 212 g/mol. The summed E-state index contributed by atoms with van der Waals surface area (Å²) in [6, 6.07) is 9.57. The number of nitrogens with zero attached hydrogens (tertiary/aromatic N) is 2. The molecule has 0 spiro atoms. The first-order chi connectivity index (χ1) is 7.62. The van der Waals surface area contributed by atoms with Crippen LogP contribution in [-0.2, 0) is 4.79 Å². The van der Waals surface area contributed by atoms with Gasteiger partial charge in [-0.15, -0.1) is 0 Å². The van der Waals surface area contributed by atoms with Crippen LogP contribution in [0.25, 0.3) is 10.4 Å². The molecule has 0 aromatic heterocycles. The van der Waals surface area contributed by atoms with Crippen LogP contribution >= 0.6 is 0 Å². The number of rotatable bonds is 2. The molecule has 1 amide bonds. The summed E-state index contributed by atoms with van der Waals surface area (Å²) in [7, 11) is 3.34. The van der Waals surface area contributed by atoms with Crippen LogP contribution < -0.4 is 0 Å². The summed E-state index contributed by atoms with van der Waals surface area (Å²) in [4.78, 5) is 16.8. The van der Waals surface area contributed by atoms with Gasteiger partial charge in [-0.2, -0.15) is 0 Å². The largest absolute Gasteiger partial charge is 0.353 e. The van der Waals surface area contributed by atoms with Crippen molar-refractivity contribution in [3.63, 3.8) is 0 Å². The Balaban J connectivity index is 2.28. The molecule has 3 heteroatoms. The fourth-order valence-electron chi connectivity index (χ4n) is 1.75. The number of carbonyl (C=O) groups excluding carboxylic acids is 1. The summed E-state index contributed by atoms with van der Waals surface area (Å²) in [5, 5.41) is 0. The predicted molar refractivity (Wildman–Crippen MR) is 62.4 cm³/mol. The van der Waals surface area contributed by atoms with Crippen molar-refractivity contribution in [3.8, 4) is 0 Å². The lowest BCUT2D eigenvalue weighted by Gasteiger charge is -2.12. The van der Waals surface area contributed by atoms with Crippen LogP contribution in [-0.4, -0.2) is 30.4 Å². The number of amides is 1. The van der Waals surface area contributed by atoms with Gasteiger partial charge in [0.25, 0.3) is 0 Å². The van der Waals surface area contributed by atoms with Gasteiger partial charge in [-0.05, 0) is 5.56 Å². The fraction of sp³-hybridized carbons (Fsp3) is 0.231. The molecule has 1 atom stereocenters. The molecule has 0 fully saturated rings. The molecular weight excluding hydrogens is 200 g/mol. The molecule has 0 bridgehead atoms. The van der Waals surface area contributed by atoms with Crippen molar-refractivity contribution >= 4 is 11.5 Å². The predicted octanol–water partition coefficient (Wildman–Crippen LogP) is 1.83. The van der Waals surface area contributed by atoms with Crippen LogP contribution in [0.3, 0.4) is 0 Å². The lowest BCUT2D eigenvalue weighted by atomic mass is 10.0. The van der Waals surface area contributed by atoms with Crippen LogP contribution in [0, 0.1) is 6.57 Å². The van der Waals surface area contributed by atoms with Gasteiger partial charge in [0.1, 0.15) is 0 Å². The second kappa shape index (κ2) is 3.49. The molecule has 0 N–H and O–H groups in total. The molecule has 0 saturated carbocycles. The SMILES string of the molecule is [C-]#[N+][C@@]1(C(=O)N(C)C)C=C1c1ccccc1. The lowest BCUT2D eigenvalue weighted by molar-refractivity contribution is -0.129. The van der Waals surface area contributed by atoms with E-state index in [0.29, 0.717) is 0 Å². The van der Waals surface area contributed by atoms with Gasteiger partial charge in [0, 0.05) is 20.2 Å². The van der Waals surface area contributed by atoms with E-state index in [1.165, 1.54) is 4.90 Å². The molecule has 0 aliphatic heterocycles. The third-order valence-corrected chi connectivity index (χ3v) is 2.67. The molecule has 16 heavy (non-hydrogen) atoms. The number of carbonyl (C=O) groups is 1. The minimum atomic E-state index is -1.04. The van der Waals surface area contributed by atoms with Gasteiger partial charge in [-0.3, -0.25) is 9.64 Å². The van der Waals surface area contributed by atoms with Gasteiger partial charge in [-0.25, -0.2) is 6.57 Å². The minimum absolute atomic E-state index is 0.165. The van der Waals surface area contributed by atoms with E-state index in [1.807, 2.05) is 30.3 Å². The highest BCUT2D eigenvalue weighted by Crippen LogP contribution is 2.47. The first-order valence-electron chi connectivity index (χ1n) is 5.01. The molecule has 0 saturated heterocycles. The Morgan fingerprint density at radius 2 is 1.94 bits per heavy atom. The third-order valence-electron chi connectivity index (χ3n) is 2.67. The van der Waals surface area contributed by atoms with Crippen molar-refractivity contribution in [3.05, 3.63) is 53.4 Å². The summed E-state index contributed by atoms with van der Waals surface area (Å²) >= 11 is 0. The van der Waals surface area contributed by atoms with Crippen molar-refractivity contribution in [1.29, 1.82) is 0 Å². The highest BCUT2D eigenvalue weighted by molar-refractivity contribution is 6.15. The van der Waals surface area contributed by atoms with E-state index in [4.69, 9.17) is 6.57 Å². The maximum Gasteiger partial charge on any atom is 0.353 e. The van der Waals surface area contributed by atoms with Gasteiger partial charge < -0.3 is 4.90 Å². The first kappa shape index (κ1) is 10.4. The number of hydrogen-bond acceptors (Lipinski definition) is 1. The maximum atomic E-state index is 11.9. The molecule has 3 nitrogen and oxygen atoms in total. The minimum Gasteiger partial charge on any atom is -0.341 e. The standard InChI is InChI=1S/C13H12N2O/c1-14-13(12(16)15(2)3)9-11(13)10-7-5-4-6-8-10/h4-9H,2-3H3/t13-/m0/s1. The molecule has 0 heterocycles. The zero-order valence-electron chi connectivity index (χ0n) is 9.27. The van der Waals surface area contributed by atoms with Crippen LogP contribution in [0.15, 0.2) is 36.4 Å². The van der Waals surface area contributed by atoms with E-state index in [0.717, 1.165) is 11.1 Å². The Bertz CT molecular complexity index is 496. The molecule has 1 aliphatic carbocycles. The summed E-state index contributed by atoms with van der Waals surface area (Å²) in [5.74, 6) is -0.165. The molecule has 80 valence electrons. The van der Waals surface area contributed by atoms with Crippen molar-refractivity contribution < 1.29 is 4.79 Å². The zero-order valence-corrected chi connectivity index (χ0v) is 9.27. The van der Waals surface area contributed by atoms with Gasteiger partial charge in [-0.1, -0.05) is 30.3 Å². The summed E-state index contributed by atoms with van der Waals surface area (Å²) in [5.41, 5.74) is 0.737. The first-order valence-corrected chi connectivity index (χ1v) is 5.01. The molecule has 1 aromatic carbocycles. The van der Waals surface area contributed by atoms with Crippen LogP contribution in [0.4, 0.5) is 0 Å². The highest BCUT2D eigenvalue weighted by Gasteiger charge is 2.60. The van der Waals surface area contributed by atoms with E-state index < -0.39 is 5.54 Å². The van der Waals surface area contributed by atoms with Gasteiger partial charge in [0.15, 0.2) is 0 Å². The molecule has 1 aromatic rings. The molecule has 1 aliphatic rings. The summed E-state index contributed by atoms with van der Waals surface area (Å²) < 4.78 is 0. The highest BCUT2D eigenvalue weighted by atomic mass is 16.2. The number of hydrogen-bond donors (Lipinski definition) is 0. The van der Waals surface area contributed by atoms with Gasteiger partial charge in [0.2, 0.25) is 0 Å². The van der Waals surface area contributed by atoms with Gasteiger partial charge >= 0.3 is 11.4 Å². The van der Waals surface area contributed by atoms with Crippen molar-refractivity contribution in [2.24, 2.45) is 0 Å². The normalized spacial score (nSPS) is 21.9. The van der Waals surface area contributed by atoms with Crippen molar-refractivity contribution in [2.45, 2.75) is 5.54 Å². The fourth-order valence-corrected chi connectivity index (χ4v) is 1.75. The summed E-state index contributed by atoms with van der Waals surface area (Å²) in [6.45, 7) is 7.20. The van der Waals surface area contributed by atoms with Crippen LogP contribution in [0.1, 0.15) is 5.56 Å². The molecular formula is C13H12N2O. The Hall–Kier alpha value is -2.08. The Morgan fingerprint density at radius 1 is 1.31 bits per heavy atom. The Kier molecular flexibility index (Phi) is 2.28. The lowest BCUT2D eigenvalue weighted by Crippen LogP contribution is -2.35. The topological polar surface area (TPSA) is 24.7 Å². The Labute approximate surface area is 94.8 Å². The van der Waals surface area contributed by atoms with E-state index >= 15 is 0 Å². The second-order valence-corrected chi connectivity index (χ2v) is 4.00. The summed E-state index contributed by atoms with van der Waals surface area (Å²) in [6.07, 6.45) is 1.73. The third kappa shape index (κ3) is 1.40. The van der Waals surface area contributed by atoms with E-state index in [-0.39, 0.29) is 5.91 Å². The Morgan fingerprint density at radius 3 is 2.44 bits per heavy atom. The van der Waals surface area contributed by atoms with E-state index in [1.54, 1.807) is 20.2 Å². The van der Waals surface area contributed by atoms with Crippen molar-refractivity contribution in [2.75, 3.05) is 14.1 Å². The molecule has 2 rings (SSSR count). The average molecular weight is 212 g/mol. The van der Waals surface area contributed by atoms with Crippen LogP contribution in [0.2, 0.25) is 0 Å².